The molecule has 0 aliphatic carbocycles. The SMILES string of the molecule is O=C(COCC1CCCO1)Nc1ccn(C2CCNC2)n1. The molecular weight excluding hydrogens is 272 g/mol. The van der Waals surface area contributed by atoms with Crippen LogP contribution in [-0.2, 0) is 14.3 Å². The van der Waals surface area contributed by atoms with Gasteiger partial charge in [-0.15, -0.1) is 0 Å². The maximum Gasteiger partial charge on any atom is 0.251 e. The van der Waals surface area contributed by atoms with Crippen molar-refractivity contribution in [3.8, 4) is 0 Å². The molecule has 1 amide bonds. The lowest BCUT2D eigenvalue weighted by Crippen LogP contribution is -2.23. The minimum Gasteiger partial charge on any atom is -0.376 e. The van der Waals surface area contributed by atoms with Gasteiger partial charge in [0.15, 0.2) is 5.82 Å². The molecule has 3 rings (SSSR count). The number of carbonyl (C=O) groups excluding carboxylic acids is 1. The molecule has 0 bridgehead atoms. The predicted molar refractivity (Wildman–Crippen MR) is 77.2 cm³/mol. The van der Waals surface area contributed by atoms with E-state index < -0.39 is 0 Å². The van der Waals surface area contributed by atoms with Crippen LogP contribution in [0.3, 0.4) is 0 Å². The Bertz CT molecular complexity index is 465. The molecule has 2 saturated heterocycles. The van der Waals surface area contributed by atoms with Crippen LogP contribution < -0.4 is 10.6 Å². The number of hydrogen-bond acceptors (Lipinski definition) is 5. The Morgan fingerprint density at radius 2 is 2.52 bits per heavy atom. The number of aromatic nitrogens is 2. The summed E-state index contributed by atoms with van der Waals surface area (Å²) in [6.07, 6.45) is 5.21. The number of nitrogens with zero attached hydrogens (tertiary/aromatic N) is 2. The second-order valence-electron chi connectivity index (χ2n) is 5.53. The Morgan fingerprint density at radius 3 is 3.29 bits per heavy atom. The average molecular weight is 294 g/mol. The molecule has 2 aliphatic heterocycles. The van der Waals surface area contributed by atoms with E-state index in [2.05, 4.69) is 15.7 Å². The average Bonchev–Trinajstić information content (AvgIpc) is 3.21. The fraction of sp³-hybridized carbons (Fsp3) is 0.714. The highest BCUT2D eigenvalue weighted by Gasteiger charge is 2.18. The molecule has 2 aliphatic rings. The Balaban J connectivity index is 1.39. The van der Waals surface area contributed by atoms with Gasteiger partial charge in [-0.3, -0.25) is 9.48 Å². The quantitative estimate of drug-likeness (QED) is 0.801. The number of ether oxygens (including phenoxy) is 2. The van der Waals surface area contributed by atoms with Crippen molar-refractivity contribution in [3.05, 3.63) is 12.3 Å². The van der Waals surface area contributed by atoms with E-state index in [0.29, 0.717) is 18.5 Å². The third-order valence-corrected chi connectivity index (χ3v) is 3.85. The molecule has 0 saturated carbocycles. The van der Waals surface area contributed by atoms with Crippen molar-refractivity contribution in [1.29, 1.82) is 0 Å². The maximum absolute atomic E-state index is 11.8. The summed E-state index contributed by atoms with van der Waals surface area (Å²) in [5.41, 5.74) is 0. The first-order valence-electron chi connectivity index (χ1n) is 7.56. The highest BCUT2D eigenvalue weighted by molar-refractivity contribution is 5.90. The van der Waals surface area contributed by atoms with Crippen LogP contribution in [0.5, 0.6) is 0 Å². The molecule has 2 fully saturated rings. The van der Waals surface area contributed by atoms with Gasteiger partial charge in [-0.1, -0.05) is 0 Å². The Kier molecular flexibility index (Phi) is 4.84. The van der Waals surface area contributed by atoms with E-state index in [9.17, 15) is 4.79 Å². The van der Waals surface area contributed by atoms with Crippen LogP contribution in [0, 0.1) is 0 Å². The summed E-state index contributed by atoms with van der Waals surface area (Å²) >= 11 is 0. The van der Waals surface area contributed by atoms with Crippen LogP contribution in [0.15, 0.2) is 12.3 Å². The minimum absolute atomic E-state index is 0.0394. The van der Waals surface area contributed by atoms with Gasteiger partial charge in [0.25, 0.3) is 5.91 Å². The van der Waals surface area contributed by atoms with Crippen LogP contribution in [-0.4, -0.2) is 54.7 Å². The molecule has 0 spiro atoms. The molecule has 3 heterocycles. The van der Waals surface area contributed by atoms with E-state index in [1.165, 1.54) is 0 Å². The summed E-state index contributed by atoms with van der Waals surface area (Å²) in [6, 6.07) is 2.20. The number of carbonyl (C=O) groups is 1. The Morgan fingerprint density at radius 1 is 1.57 bits per heavy atom. The summed E-state index contributed by atoms with van der Waals surface area (Å²) in [5.74, 6) is 0.399. The zero-order chi connectivity index (χ0) is 14.5. The predicted octanol–water partition coefficient (Wildman–Crippen LogP) is 0.552. The summed E-state index contributed by atoms with van der Waals surface area (Å²) in [7, 11) is 0. The lowest BCUT2D eigenvalue weighted by molar-refractivity contribution is -0.121. The standard InChI is InChI=1S/C14H22N4O3/c19-14(10-20-9-12-2-1-7-21-12)16-13-4-6-18(17-13)11-3-5-15-8-11/h4,6,11-12,15H,1-3,5,7-10H2,(H,16,17,19). The van der Waals surface area contributed by atoms with E-state index in [1.807, 2.05) is 16.9 Å². The van der Waals surface area contributed by atoms with Crippen LogP contribution in [0.1, 0.15) is 25.3 Å². The van der Waals surface area contributed by atoms with E-state index >= 15 is 0 Å². The summed E-state index contributed by atoms with van der Waals surface area (Å²) < 4.78 is 12.7. The summed E-state index contributed by atoms with van der Waals surface area (Å²) in [5, 5.41) is 10.4. The number of hydrogen-bond donors (Lipinski definition) is 2. The number of rotatable bonds is 6. The normalized spacial score (nSPS) is 25.3. The maximum atomic E-state index is 11.8. The van der Waals surface area contributed by atoms with Gasteiger partial charge in [0, 0.05) is 25.4 Å². The highest BCUT2D eigenvalue weighted by Crippen LogP contribution is 2.16. The van der Waals surface area contributed by atoms with E-state index in [0.717, 1.165) is 39.0 Å². The fourth-order valence-corrected chi connectivity index (χ4v) is 2.71. The van der Waals surface area contributed by atoms with Gasteiger partial charge in [0.05, 0.1) is 18.8 Å². The van der Waals surface area contributed by atoms with Gasteiger partial charge >= 0.3 is 0 Å². The Hall–Kier alpha value is -1.44. The monoisotopic (exact) mass is 294 g/mol. The second-order valence-corrected chi connectivity index (χ2v) is 5.53. The lowest BCUT2D eigenvalue weighted by atomic mass is 10.2. The second kappa shape index (κ2) is 7.02. The first kappa shape index (κ1) is 14.5. The van der Waals surface area contributed by atoms with E-state index in [1.54, 1.807) is 0 Å². The number of anilines is 1. The summed E-state index contributed by atoms with van der Waals surface area (Å²) in [4.78, 5) is 11.8. The van der Waals surface area contributed by atoms with Crippen LogP contribution >= 0.6 is 0 Å². The van der Waals surface area contributed by atoms with Crippen molar-refractivity contribution in [2.24, 2.45) is 0 Å². The van der Waals surface area contributed by atoms with Gasteiger partial charge in [0.1, 0.15) is 6.61 Å². The van der Waals surface area contributed by atoms with Crippen LogP contribution in [0.2, 0.25) is 0 Å². The number of nitrogens with one attached hydrogen (secondary N) is 2. The minimum atomic E-state index is -0.178. The van der Waals surface area contributed by atoms with Crippen molar-refractivity contribution < 1.29 is 14.3 Å². The largest absolute Gasteiger partial charge is 0.376 e. The molecule has 1 aromatic heterocycles. The molecule has 7 nitrogen and oxygen atoms in total. The van der Waals surface area contributed by atoms with Crippen molar-refractivity contribution >= 4 is 11.7 Å². The highest BCUT2D eigenvalue weighted by atomic mass is 16.5. The molecule has 0 radical (unpaired) electrons. The molecule has 116 valence electrons. The van der Waals surface area contributed by atoms with Gasteiger partial charge < -0.3 is 20.1 Å². The first-order valence-corrected chi connectivity index (χ1v) is 7.56. The lowest BCUT2D eigenvalue weighted by Gasteiger charge is -2.10. The molecule has 0 aromatic carbocycles. The molecule has 7 heteroatoms. The number of amides is 1. The van der Waals surface area contributed by atoms with E-state index in [-0.39, 0.29) is 18.6 Å². The zero-order valence-corrected chi connectivity index (χ0v) is 12.1. The van der Waals surface area contributed by atoms with Crippen molar-refractivity contribution in [2.75, 3.05) is 38.2 Å². The molecule has 2 atom stereocenters. The molecule has 2 unspecified atom stereocenters. The Labute approximate surface area is 124 Å². The smallest absolute Gasteiger partial charge is 0.251 e. The van der Waals surface area contributed by atoms with Crippen molar-refractivity contribution in [2.45, 2.75) is 31.4 Å². The van der Waals surface area contributed by atoms with Crippen LogP contribution in [0.25, 0.3) is 0 Å². The van der Waals surface area contributed by atoms with E-state index in [4.69, 9.17) is 9.47 Å². The summed E-state index contributed by atoms with van der Waals surface area (Å²) in [6.45, 7) is 3.27. The fourth-order valence-electron chi connectivity index (χ4n) is 2.71. The third kappa shape index (κ3) is 4.03. The molecular formula is C14H22N4O3. The van der Waals surface area contributed by atoms with Gasteiger partial charge in [-0.2, -0.15) is 5.10 Å². The molecule has 2 N–H and O–H groups in total. The molecule has 21 heavy (non-hydrogen) atoms. The molecule has 1 aromatic rings. The van der Waals surface area contributed by atoms with Crippen molar-refractivity contribution in [3.63, 3.8) is 0 Å². The first-order chi connectivity index (χ1) is 10.3. The van der Waals surface area contributed by atoms with Crippen LogP contribution in [0.4, 0.5) is 5.82 Å². The van der Waals surface area contributed by atoms with Gasteiger partial charge in [0.2, 0.25) is 0 Å². The topological polar surface area (TPSA) is 77.4 Å². The van der Waals surface area contributed by atoms with Crippen molar-refractivity contribution in [1.82, 2.24) is 15.1 Å². The third-order valence-electron chi connectivity index (χ3n) is 3.85. The zero-order valence-electron chi connectivity index (χ0n) is 12.1. The van der Waals surface area contributed by atoms with Gasteiger partial charge in [-0.25, -0.2) is 0 Å². The van der Waals surface area contributed by atoms with Gasteiger partial charge in [-0.05, 0) is 25.8 Å².